The van der Waals surface area contributed by atoms with Crippen LogP contribution in [0.5, 0.6) is 0 Å². The summed E-state index contributed by atoms with van der Waals surface area (Å²) in [5.74, 6) is -1.91. The van der Waals surface area contributed by atoms with E-state index >= 15 is 0 Å². The van der Waals surface area contributed by atoms with Crippen molar-refractivity contribution in [2.75, 3.05) is 19.6 Å². The molecule has 0 saturated carbocycles. The molecule has 1 aromatic rings. The van der Waals surface area contributed by atoms with E-state index in [1.54, 1.807) is 0 Å². The molecule has 1 saturated heterocycles. The van der Waals surface area contributed by atoms with Crippen molar-refractivity contribution in [3.05, 3.63) is 35.4 Å². The second kappa shape index (κ2) is 10.2. The summed E-state index contributed by atoms with van der Waals surface area (Å²) in [5.41, 5.74) is 5.26. The molecule has 5 nitrogen and oxygen atoms in total. The lowest BCUT2D eigenvalue weighted by Crippen LogP contribution is -2.55. The first-order valence-electron chi connectivity index (χ1n) is 9.41. The Balaban J connectivity index is 0.00000392. The summed E-state index contributed by atoms with van der Waals surface area (Å²) < 4.78 is 26.8. The summed E-state index contributed by atoms with van der Waals surface area (Å²) >= 11 is 0. The van der Waals surface area contributed by atoms with E-state index in [0.717, 1.165) is 18.6 Å². The van der Waals surface area contributed by atoms with Crippen LogP contribution in [-0.2, 0) is 4.79 Å². The second-order valence-electron chi connectivity index (χ2n) is 8.04. The smallest absolute Gasteiger partial charge is 0.256 e. The number of nitrogens with zero attached hydrogens (tertiary/aromatic N) is 1. The maximum atomic E-state index is 13.8. The van der Waals surface area contributed by atoms with Gasteiger partial charge in [0.25, 0.3) is 5.91 Å². The molecule has 1 aliphatic heterocycles. The molecule has 1 unspecified atom stereocenters. The van der Waals surface area contributed by atoms with Crippen molar-refractivity contribution in [3.63, 3.8) is 0 Å². The number of nitrogens with one attached hydrogen (secondary N) is 1. The molecule has 3 N–H and O–H groups in total. The van der Waals surface area contributed by atoms with E-state index < -0.39 is 23.1 Å². The number of carbonyl (C=O) groups is 2. The first-order valence-corrected chi connectivity index (χ1v) is 9.41. The van der Waals surface area contributed by atoms with Gasteiger partial charge < -0.3 is 16.0 Å². The van der Waals surface area contributed by atoms with Crippen LogP contribution in [0.1, 0.15) is 50.4 Å². The lowest BCUT2D eigenvalue weighted by atomic mass is 9.88. The third-order valence-corrected chi connectivity index (χ3v) is 5.05. The zero-order valence-corrected chi connectivity index (χ0v) is 17.5. The van der Waals surface area contributed by atoms with Gasteiger partial charge >= 0.3 is 0 Å². The average molecular weight is 418 g/mol. The second-order valence-corrected chi connectivity index (χ2v) is 8.04. The van der Waals surface area contributed by atoms with Crippen molar-refractivity contribution < 1.29 is 18.4 Å². The van der Waals surface area contributed by atoms with E-state index in [1.165, 1.54) is 4.90 Å². The summed E-state index contributed by atoms with van der Waals surface area (Å²) in [5, 5.41) is 3.07. The number of nitrogens with two attached hydrogens (primary N) is 1. The normalized spacial score (nSPS) is 17.0. The van der Waals surface area contributed by atoms with Gasteiger partial charge in [0.15, 0.2) is 0 Å². The third-order valence-electron chi connectivity index (χ3n) is 5.05. The fourth-order valence-electron chi connectivity index (χ4n) is 3.66. The van der Waals surface area contributed by atoms with Crippen LogP contribution in [0.4, 0.5) is 8.78 Å². The monoisotopic (exact) mass is 417 g/mol. The van der Waals surface area contributed by atoms with Crippen molar-refractivity contribution in [1.82, 2.24) is 10.2 Å². The Morgan fingerprint density at radius 1 is 1.29 bits per heavy atom. The fraction of sp³-hybridized carbons (Fsp3) is 0.600. The van der Waals surface area contributed by atoms with Gasteiger partial charge in [-0.3, -0.25) is 9.59 Å². The third kappa shape index (κ3) is 6.14. The first-order chi connectivity index (χ1) is 12.6. The van der Waals surface area contributed by atoms with E-state index in [9.17, 15) is 18.4 Å². The molecule has 1 aromatic carbocycles. The SMILES string of the molecule is CC(C)CC(C)(CN)NC(=O)C1CCN(C(=O)c2ccc(F)cc2F)CC1.Cl. The Hall–Kier alpha value is -1.73. The van der Waals surface area contributed by atoms with Crippen LogP contribution in [0.15, 0.2) is 18.2 Å². The minimum atomic E-state index is -0.868. The van der Waals surface area contributed by atoms with E-state index in [2.05, 4.69) is 19.2 Å². The van der Waals surface area contributed by atoms with E-state index in [1.807, 2.05) is 6.92 Å². The van der Waals surface area contributed by atoms with Gasteiger partial charge in [0.05, 0.1) is 5.56 Å². The standard InChI is InChI=1S/C20H29F2N3O2.ClH/c1-13(2)11-20(3,12-23)24-18(26)14-6-8-25(9-7-14)19(27)16-5-4-15(21)10-17(16)22;/h4-5,10,13-14H,6-9,11-12,23H2,1-3H3,(H,24,26);1H. The van der Waals surface area contributed by atoms with E-state index in [-0.39, 0.29) is 29.8 Å². The van der Waals surface area contributed by atoms with E-state index in [4.69, 9.17) is 5.73 Å². The van der Waals surface area contributed by atoms with Gasteiger partial charge in [-0.2, -0.15) is 0 Å². The van der Waals surface area contributed by atoms with Crippen molar-refractivity contribution in [2.24, 2.45) is 17.6 Å². The summed E-state index contributed by atoms with van der Waals surface area (Å²) in [4.78, 5) is 26.6. The minimum absolute atomic E-state index is 0. The molecule has 0 radical (unpaired) electrons. The van der Waals surface area contributed by atoms with Crippen molar-refractivity contribution in [3.8, 4) is 0 Å². The molecule has 8 heteroatoms. The van der Waals surface area contributed by atoms with E-state index in [0.29, 0.717) is 44.5 Å². The van der Waals surface area contributed by atoms with Crippen molar-refractivity contribution >= 4 is 24.2 Å². The number of likely N-dealkylation sites (tertiary alicyclic amines) is 1. The summed E-state index contributed by atoms with van der Waals surface area (Å²) in [7, 11) is 0. The fourth-order valence-corrected chi connectivity index (χ4v) is 3.66. The highest BCUT2D eigenvalue weighted by molar-refractivity contribution is 5.94. The minimum Gasteiger partial charge on any atom is -0.349 e. The van der Waals surface area contributed by atoms with Crippen LogP contribution in [0.25, 0.3) is 0 Å². The zero-order valence-electron chi connectivity index (χ0n) is 16.6. The van der Waals surface area contributed by atoms with Crippen LogP contribution in [0.2, 0.25) is 0 Å². The molecule has 2 rings (SSSR count). The Morgan fingerprint density at radius 3 is 2.39 bits per heavy atom. The van der Waals surface area contributed by atoms with Crippen LogP contribution in [-0.4, -0.2) is 41.9 Å². The van der Waals surface area contributed by atoms with Crippen LogP contribution < -0.4 is 11.1 Å². The molecule has 0 spiro atoms. The van der Waals surface area contributed by atoms with Crippen molar-refractivity contribution in [1.29, 1.82) is 0 Å². The molecular weight excluding hydrogens is 388 g/mol. The maximum absolute atomic E-state index is 13.8. The van der Waals surface area contributed by atoms with Gasteiger partial charge in [0.2, 0.25) is 5.91 Å². The lowest BCUT2D eigenvalue weighted by molar-refractivity contribution is -0.128. The number of benzene rings is 1. The average Bonchev–Trinajstić information content (AvgIpc) is 2.60. The molecule has 1 fully saturated rings. The predicted octanol–water partition coefficient (Wildman–Crippen LogP) is 3.12. The molecule has 1 aliphatic rings. The number of piperidine rings is 1. The lowest BCUT2D eigenvalue weighted by Gasteiger charge is -2.36. The molecule has 1 atom stereocenters. The number of amides is 2. The number of carbonyl (C=O) groups excluding carboxylic acids is 2. The van der Waals surface area contributed by atoms with Crippen LogP contribution in [0.3, 0.4) is 0 Å². The largest absolute Gasteiger partial charge is 0.349 e. The van der Waals surface area contributed by atoms with Crippen LogP contribution in [0, 0.1) is 23.5 Å². The first kappa shape index (κ1) is 24.3. The zero-order chi connectivity index (χ0) is 20.2. The van der Waals surface area contributed by atoms with Gasteiger partial charge in [-0.25, -0.2) is 8.78 Å². The molecular formula is C20H30ClF2N3O2. The summed E-state index contributed by atoms with van der Waals surface area (Å²) in [6.07, 6.45) is 1.79. The Labute approximate surface area is 171 Å². The topological polar surface area (TPSA) is 75.4 Å². The molecule has 158 valence electrons. The molecule has 1 heterocycles. The van der Waals surface area contributed by atoms with Gasteiger partial charge in [-0.05, 0) is 44.2 Å². The van der Waals surface area contributed by atoms with Gasteiger partial charge in [-0.1, -0.05) is 13.8 Å². The predicted molar refractivity (Wildman–Crippen MR) is 107 cm³/mol. The van der Waals surface area contributed by atoms with Crippen LogP contribution >= 0.6 is 12.4 Å². The Kier molecular flexibility index (Phi) is 8.82. The van der Waals surface area contributed by atoms with Gasteiger partial charge in [0, 0.05) is 37.2 Å². The molecule has 0 aliphatic carbocycles. The summed E-state index contributed by atoms with van der Waals surface area (Å²) in [6, 6.07) is 2.93. The molecule has 0 bridgehead atoms. The maximum Gasteiger partial charge on any atom is 0.256 e. The number of halogens is 3. The molecule has 0 aromatic heterocycles. The molecule has 28 heavy (non-hydrogen) atoms. The van der Waals surface area contributed by atoms with Crippen molar-refractivity contribution in [2.45, 2.75) is 45.6 Å². The highest BCUT2D eigenvalue weighted by atomic mass is 35.5. The molecule has 2 amide bonds. The highest BCUT2D eigenvalue weighted by Gasteiger charge is 2.33. The highest BCUT2D eigenvalue weighted by Crippen LogP contribution is 2.23. The summed E-state index contributed by atoms with van der Waals surface area (Å²) in [6.45, 7) is 7.19. The Bertz CT molecular complexity index is 694. The van der Waals surface area contributed by atoms with Gasteiger partial charge in [-0.15, -0.1) is 12.4 Å². The number of hydrogen-bond acceptors (Lipinski definition) is 3. The quantitative estimate of drug-likeness (QED) is 0.746. The van der Waals surface area contributed by atoms with Gasteiger partial charge in [0.1, 0.15) is 11.6 Å². The Morgan fingerprint density at radius 2 is 1.89 bits per heavy atom. The number of rotatable bonds is 6. The number of hydrogen-bond donors (Lipinski definition) is 2.